The molecule has 1 saturated heterocycles. The standard InChI is InChI=1S/C22H23FN4OS/c1-14-4-2-6-24-20(14)22(23)9-15-5-3-7-27(18(15)10-22)21(28)16-8-19(29-13-16)17-11-25-26-12-17/h2,4,6,8,11-13,15,18H,3,5,7,9-10H2,1H3,(H,25,26). The molecule has 1 saturated carbocycles. The summed E-state index contributed by atoms with van der Waals surface area (Å²) >= 11 is 1.53. The first kappa shape index (κ1) is 18.5. The Hall–Kier alpha value is -2.54. The lowest BCUT2D eigenvalue weighted by molar-refractivity contribution is 0.0538. The van der Waals surface area contributed by atoms with Gasteiger partial charge in [0.25, 0.3) is 5.91 Å². The van der Waals surface area contributed by atoms with E-state index in [0.29, 0.717) is 30.6 Å². The van der Waals surface area contributed by atoms with Crippen LogP contribution >= 0.6 is 11.3 Å². The maximum Gasteiger partial charge on any atom is 0.254 e. The van der Waals surface area contributed by atoms with Crippen molar-refractivity contribution >= 4 is 17.2 Å². The van der Waals surface area contributed by atoms with E-state index in [1.54, 1.807) is 12.4 Å². The number of carbonyl (C=O) groups excluding carboxylic acids is 1. The first-order valence-electron chi connectivity index (χ1n) is 10.0. The maximum absolute atomic E-state index is 16.0. The largest absolute Gasteiger partial charge is 0.335 e. The fourth-order valence-electron chi connectivity index (χ4n) is 5.03. The number of likely N-dealkylation sites (tertiary alicyclic amines) is 1. The minimum atomic E-state index is -1.46. The van der Waals surface area contributed by atoms with Gasteiger partial charge < -0.3 is 4.90 Å². The molecule has 0 aromatic carbocycles. The summed E-state index contributed by atoms with van der Waals surface area (Å²) in [4.78, 5) is 20.6. The Bertz CT molecular complexity index is 1030. The summed E-state index contributed by atoms with van der Waals surface area (Å²) < 4.78 is 16.0. The molecule has 2 fully saturated rings. The molecule has 3 aromatic rings. The highest BCUT2D eigenvalue weighted by Crippen LogP contribution is 2.50. The van der Waals surface area contributed by atoms with Crippen LogP contribution in [0.5, 0.6) is 0 Å². The first-order valence-corrected chi connectivity index (χ1v) is 10.9. The molecule has 3 unspecified atom stereocenters. The van der Waals surface area contributed by atoms with Gasteiger partial charge >= 0.3 is 0 Å². The Balaban J connectivity index is 1.40. The molecule has 1 aliphatic heterocycles. The summed E-state index contributed by atoms with van der Waals surface area (Å²) in [5, 5.41) is 8.68. The number of halogens is 1. The molecule has 1 aliphatic carbocycles. The van der Waals surface area contributed by atoms with Crippen molar-refractivity contribution in [2.24, 2.45) is 5.92 Å². The molecule has 5 nitrogen and oxygen atoms in total. The van der Waals surface area contributed by atoms with E-state index in [9.17, 15) is 4.79 Å². The van der Waals surface area contributed by atoms with Crippen LogP contribution in [0.4, 0.5) is 4.39 Å². The molecular formula is C22H23FN4OS. The highest BCUT2D eigenvalue weighted by molar-refractivity contribution is 7.13. The number of hydrogen-bond acceptors (Lipinski definition) is 4. The Morgan fingerprint density at radius 2 is 2.31 bits per heavy atom. The molecular weight excluding hydrogens is 387 g/mol. The molecule has 0 spiro atoms. The van der Waals surface area contributed by atoms with E-state index in [1.807, 2.05) is 41.6 Å². The van der Waals surface area contributed by atoms with Crippen LogP contribution in [0, 0.1) is 12.8 Å². The van der Waals surface area contributed by atoms with Gasteiger partial charge in [-0.15, -0.1) is 11.3 Å². The third-order valence-corrected chi connectivity index (χ3v) is 7.34. The zero-order chi connectivity index (χ0) is 20.0. The second-order valence-electron chi connectivity index (χ2n) is 8.20. The number of H-pyrrole nitrogens is 1. The normalized spacial score (nSPS) is 26.5. The molecule has 1 N–H and O–H groups in total. The number of rotatable bonds is 3. The number of hydrogen-bond donors (Lipinski definition) is 1. The monoisotopic (exact) mass is 410 g/mol. The van der Waals surface area contributed by atoms with Crippen LogP contribution in [-0.4, -0.2) is 38.6 Å². The number of piperidine rings is 1. The highest BCUT2D eigenvalue weighted by atomic mass is 32.1. The fraction of sp³-hybridized carbons (Fsp3) is 0.409. The number of pyridine rings is 1. The molecule has 7 heteroatoms. The minimum absolute atomic E-state index is 0.00712. The SMILES string of the molecule is Cc1cccnc1C1(F)CC2CCCN(C(=O)c3csc(-c4cn[nH]c4)c3)C2C1. The summed E-state index contributed by atoms with van der Waals surface area (Å²) in [5.74, 6) is 0.193. The minimum Gasteiger partial charge on any atom is -0.335 e. The lowest BCUT2D eigenvalue weighted by atomic mass is 9.90. The number of fused-ring (bicyclic) bond motifs is 1. The summed E-state index contributed by atoms with van der Waals surface area (Å²) in [5.41, 5.74) is 1.62. The number of aromatic amines is 1. The molecule has 29 heavy (non-hydrogen) atoms. The number of aromatic nitrogens is 3. The van der Waals surface area contributed by atoms with Gasteiger partial charge in [0.1, 0.15) is 0 Å². The Morgan fingerprint density at radius 1 is 1.41 bits per heavy atom. The van der Waals surface area contributed by atoms with Crippen LogP contribution < -0.4 is 0 Å². The number of alkyl halides is 1. The lowest BCUT2D eigenvalue weighted by Crippen LogP contribution is -2.46. The van der Waals surface area contributed by atoms with E-state index in [2.05, 4.69) is 15.2 Å². The van der Waals surface area contributed by atoms with Crippen LogP contribution in [0.3, 0.4) is 0 Å². The van der Waals surface area contributed by atoms with Crippen LogP contribution in [-0.2, 0) is 5.67 Å². The molecule has 5 rings (SSSR count). The zero-order valence-corrected chi connectivity index (χ0v) is 17.1. The quantitative estimate of drug-likeness (QED) is 0.680. The molecule has 0 bridgehead atoms. The summed E-state index contributed by atoms with van der Waals surface area (Å²) in [7, 11) is 0. The van der Waals surface area contributed by atoms with Crippen molar-refractivity contribution in [3.8, 4) is 10.4 Å². The fourth-order valence-corrected chi connectivity index (χ4v) is 5.90. The van der Waals surface area contributed by atoms with Crippen molar-refractivity contribution in [2.75, 3.05) is 6.54 Å². The molecule has 0 radical (unpaired) electrons. The molecule has 1 amide bonds. The van der Waals surface area contributed by atoms with Crippen LogP contribution in [0.1, 0.15) is 47.3 Å². The lowest BCUT2D eigenvalue weighted by Gasteiger charge is -2.37. The van der Waals surface area contributed by atoms with Crippen molar-refractivity contribution in [3.63, 3.8) is 0 Å². The topological polar surface area (TPSA) is 61.9 Å². The zero-order valence-electron chi connectivity index (χ0n) is 16.3. The smallest absolute Gasteiger partial charge is 0.254 e. The van der Waals surface area contributed by atoms with Gasteiger partial charge in [-0.25, -0.2) is 4.39 Å². The third kappa shape index (κ3) is 3.17. The van der Waals surface area contributed by atoms with Crippen LogP contribution in [0.2, 0.25) is 0 Å². The van der Waals surface area contributed by atoms with E-state index in [4.69, 9.17) is 0 Å². The van der Waals surface area contributed by atoms with Gasteiger partial charge in [-0.2, -0.15) is 5.10 Å². The van der Waals surface area contributed by atoms with E-state index >= 15 is 4.39 Å². The molecule has 150 valence electrons. The number of nitrogens with one attached hydrogen (secondary N) is 1. The maximum atomic E-state index is 16.0. The molecule has 4 heterocycles. The first-order chi connectivity index (χ1) is 14.0. The summed E-state index contributed by atoms with van der Waals surface area (Å²) in [6, 6.07) is 5.60. The summed E-state index contributed by atoms with van der Waals surface area (Å²) in [6.07, 6.45) is 7.90. The molecule has 2 aliphatic rings. The van der Waals surface area contributed by atoms with Crippen LogP contribution in [0.25, 0.3) is 10.4 Å². The predicted molar refractivity (Wildman–Crippen MR) is 110 cm³/mol. The predicted octanol–water partition coefficient (Wildman–Crippen LogP) is 4.72. The molecule has 3 aromatic heterocycles. The Labute approximate surface area is 173 Å². The number of nitrogens with zero attached hydrogens (tertiary/aromatic N) is 3. The average Bonchev–Trinajstić information content (AvgIpc) is 3.46. The Kier molecular flexibility index (Phi) is 4.50. The van der Waals surface area contributed by atoms with Crippen molar-refractivity contribution in [2.45, 2.75) is 44.3 Å². The number of aryl methyl sites for hydroxylation is 1. The highest BCUT2D eigenvalue weighted by Gasteiger charge is 2.52. The van der Waals surface area contributed by atoms with Gasteiger partial charge in [0.15, 0.2) is 5.67 Å². The van der Waals surface area contributed by atoms with E-state index in [-0.39, 0.29) is 17.9 Å². The second kappa shape index (κ2) is 7.06. The van der Waals surface area contributed by atoms with E-state index in [0.717, 1.165) is 28.8 Å². The van der Waals surface area contributed by atoms with Gasteiger partial charge in [-0.05, 0) is 49.8 Å². The van der Waals surface area contributed by atoms with E-state index in [1.165, 1.54) is 11.3 Å². The Morgan fingerprint density at radius 3 is 3.10 bits per heavy atom. The number of carbonyl (C=O) groups is 1. The van der Waals surface area contributed by atoms with Gasteiger partial charge in [-0.3, -0.25) is 14.9 Å². The van der Waals surface area contributed by atoms with Gasteiger partial charge in [0, 0.05) is 47.2 Å². The van der Waals surface area contributed by atoms with E-state index < -0.39 is 5.67 Å². The van der Waals surface area contributed by atoms with Crippen molar-refractivity contribution < 1.29 is 9.18 Å². The van der Waals surface area contributed by atoms with Crippen molar-refractivity contribution in [1.29, 1.82) is 0 Å². The number of thiophene rings is 1. The van der Waals surface area contributed by atoms with Gasteiger partial charge in [-0.1, -0.05) is 6.07 Å². The third-order valence-electron chi connectivity index (χ3n) is 6.36. The molecule has 3 atom stereocenters. The second-order valence-corrected chi connectivity index (χ2v) is 9.11. The summed E-state index contributed by atoms with van der Waals surface area (Å²) in [6.45, 7) is 2.60. The van der Waals surface area contributed by atoms with Gasteiger partial charge in [0.2, 0.25) is 0 Å². The number of amides is 1. The van der Waals surface area contributed by atoms with Crippen molar-refractivity contribution in [1.82, 2.24) is 20.1 Å². The average molecular weight is 411 g/mol. The van der Waals surface area contributed by atoms with Crippen LogP contribution in [0.15, 0.2) is 42.2 Å². The van der Waals surface area contributed by atoms with Gasteiger partial charge in [0.05, 0.1) is 17.5 Å². The van der Waals surface area contributed by atoms with Crippen molar-refractivity contribution in [3.05, 3.63) is 59.0 Å².